The summed E-state index contributed by atoms with van der Waals surface area (Å²) >= 11 is 3.24. The van der Waals surface area contributed by atoms with Gasteiger partial charge in [-0.3, -0.25) is 4.79 Å². The zero-order valence-corrected chi connectivity index (χ0v) is 10.00. The summed E-state index contributed by atoms with van der Waals surface area (Å²) in [6.07, 6.45) is 5.57. The van der Waals surface area contributed by atoms with Crippen molar-refractivity contribution in [3.63, 3.8) is 0 Å². The van der Waals surface area contributed by atoms with Gasteiger partial charge in [0.15, 0.2) is 0 Å². The maximum absolute atomic E-state index is 13.6. The lowest BCUT2D eigenvalue weighted by Gasteiger charge is -2.18. The fraction of sp³-hybridized carbons (Fsp3) is 0.250. The highest BCUT2D eigenvalue weighted by Crippen LogP contribution is 2.33. The number of carbonyl (C=O) groups excluding carboxylic acids is 1. The molecule has 1 aromatic rings. The summed E-state index contributed by atoms with van der Waals surface area (Å²) in [6.45, 7) is 0.384. The SMILES string of the molecule is C#CC1CC(=O)N(c2c(F)cccc2Br)C1. The van der Waals surface area contributed by atoms with Crippen molar-refractivity contribution in [1.82, 2.24) is 0 Å². The molecule has 0 N–H and O–H groups in total. The van der Waals surface area contributed by atoms with Gasteiger partial charge in [-0.15, -0.1) is 12.3 Å². The van der Waals surface area contributed by atoms with Gasteiger partial charge in [-0.1, -0.05) is 6.07 Å². The molecule has 1 aromatic carbocycles. The molecule has 2 rings (SSSR count). The van der Waals surface area contributed by atoms with Crippen molar-refractivity contribution < 1.29 is 9.18 Å². The Morgan fingerprint density at radius 2 is 2.31 bits per heavy atom. The van der Waals surface area contributed by atoms with E-state index >= 15 is 0 Å². The average Bonchev–Trinajstić information content (AvgIpc) is 2.60. The third-order valence-electron chi connectivity index (χ3n) is 2.57. The van der Waals surface area contributed by atoms with Crippen LogP contribution in [0.1, 0.15) is 6.42 Å². The van der Waals surface area contributed by atoms with Gasteiger partial charge in [0, 0.05) is 23.4 Å². The van der Waals surface area contributed by atoms with Crippen molar-refractivity contribution in [3.05, 3.63) is 28.5 Å². The fourth-order valence-electron chi connectivity index (χ4n) is 1.78. The molecule has 0 radical (unpaired) electrons. The Bertz CT molecular complexity index is 460. The molecular weight excluding hydrogens is 273 g/mol. The number of terminal acetylenes is 1. The first-order valence-corrected chi connectivity index (χ1v) is 5.63. The van der Waals surface area contributed by atoms with Gasteiger partial charge in [-0.05, 0) is 28.1 Å². The largest absolute Gasteiger partial charge is 0.307 e. The van der Waals surface area contributed by atoms with Crippen molar-refractivity contribution in [3.8, 4) is 12.3 Å². The Hall–Kier alpha value is -1.34. The second-order valence-corrected chi connectivity index (χ2v) is 4.50. The molecule has 1 amide bonds. The Balaban J connectivity index is 2.39. The lowest BCUT2D eigenvalue weighted by molar-refractivity contribution is -0.117. The van der Waals surface area contributed by atoms with Gasteiger partial charge < -0.3 is 4.90 Å². The average molecular weight is 282 g/mol. The van der Waals surface area contributed by atoms with Gasteiger partial charge >= 0.3 is 0 Å². The number of rotatable bonds is 1. The number of amides is 1. The Morgan fingerprint density at radius 3 is 2.88 bits per heavy atom. The van der Waals surface area contributed by atoms with Crippen LogP contribution in [0.15, 0.2) is 22.7 Å². The zero-order chi connectivity index (χ0) is 11.7. The summed E-state index contributed by atoms with van der Waals surface area (Å²) in [5.41, 5.74) is 0.283. The summed E-state index contributed by atoms with van der Waals surface area (Å²) in [6, 6.07) is 4.62. The quantitative estimate of drug-likeness (QED) is 0.725. The van der Waals surface area contributed by atoms with Crippen LogP contribution in [-0.2, 0) is 4.79 Å². The summed E-state index contributed by atoms with van der Waals surface area (Å²) in [5, 5.41) is 0. The molecule has 1 fully saturated rings. The minimum atomic E-state index is -0.416. The summed E-state index contributed by atoms with van der Waals surface area (Å²) in [4.78, 5) is 13.1. The number of halogens is 2. The molecule has 0 spiro atoms. The van der Waals surface area contributed by atoms with Crippen LogP contribution in [-0.4, -0.2) is 12.5 Å². The highest BCUT2D eigenvalue weighted by molar-refractivity contribution is 9.10. The van der Waals surface area contributed by atoms with Crippen LogP contribution in [0.3, 0.4) is 0 Å². The van der Waals surface area contributed by atoms with E-state index in [4.69, 9.17) is 6.42 Å². The molecular formula is C12H9BrFNO. The van der Waals surface area contributed by atoms with Crippen LogP contribution in [0.5, 0.6) is 0 Å². The van der Waals surface area contributed by atoms with E-state index in [2.05, 4.69) is 21.9 Å². The maximum atomic E-state index is 13.6. The summed E-state index contributed by atoms with van der Waals surface area (Å²) < 4.78 is 14.2. The van der Waals surface area contributed by atoms with Gasteiger partial charge in [0.1, 0.15) is 5.82 Å². The number of para-hydroxylation sites is 1. The minimum absolute atomic E-state index is 0.126. The van der Waals surface area contributed by atoms with E-state index in [0.29, 0.717) is 11.0 Å². The molecule has 1 heterocycles. The molecule has 1 aliphatic heterocycles. The van der Waals surface area contributed by atoms with Crippen LogP contribution < -0.4 is 4.90 Å². The maximum Gasteiger partial charge on any atom is 0.228 e. The monoisotopic (exact) mass is 281 g/mol. The van der Waals surface area contributed by atoms with Crippen LogP contribution in [0, 0.1) is 24.1 Å². The van der Waals surface area contributed by atoms with E-state index in [0.717, 1.165) is 0 Å². The molecule has 16 heavy (non-hydrogen) atoms. The molecule has 0 aliphatic carbocycles. The number of anilines is 1. The van der Waals surface area contributed by atoms with Crippen LogP contribution >= 0.6 is 15.9 Å². The third-order valence-corrected chi connectivity index (χ3v) is 3.21. The standard InChI is InChI=1S/C12H9BrFNO/c1-2-8-6-11(16)15(7-8)12-9(13)4-3-5-10(12)14/h1,3-5,8H,6-7H2. The Morgan fingerprint density at radius 1 is 1.56 bits per heavy atom. The number of hydrogen-bond acceptors (Lipinski definition) is 1. The summed E-state index contributed by atoms with van der Waals surface area (Å²) in [5.74, 6) is 1.86. The zero-order valence-electron chi connectivity index (χ0n) is 8.41. The lowest BCUT2D eigenvalue weighted by atomic mass is 10.1. The van der Waals surface area contributed by atoms with E-state index in [-0.39, 0.29) is 23.9 Å². The molecule has 4 heteroatoms. The van der Waals surface area contributed by atoms with Crippen molar-refractivity contribution in [1.29, 1.82) is 0 Å². The summed E-state index contributed by atoms with van der Waals surface area (Å²) in [7, 11) is 0. The van der Waals surface area contributed by atoms with Crippen molar-refractivity contribution >= 4 is 27.5 Å². The first-order chi connectivity index (χ1) is 7.63. The Kier molecular flexibility index (Phi) is 2.97. The van der Waals surface area contributed by atoms with E-state index in [1.807, 2.05) is 0 Å². The normalized spacial score (nSPS) is 19.9. The van der Waals surface area contributed by atoms with Crippen molar-refractivity contribution in [2.75, 3.05) is 11.4 Å². The van der Waals surface area contributed by atoms with Crippen LogP contribution in [0.2, 0.25) is 0 Å². The Labute approximate surface area is 102 Å². The number of benzene rings is 1. The van der Waals surface area contributed by atoms with Crippen molar-refractivity contribution in [2.24, 2.45) is 5.92 Å². The molecule has 1 atom stereocenters. The second-order valence-electron chi connectivity index (χ2n) is 3.64. The predicted molar refractivity (Wildman–Crippen MR) is 63.4 cm³/mol. The first kappa shape index (κ1) is 11.2. The number of hydrogen-bond donors (Lipinski definition) is 0. The molecule has 0 bridgehead atoms. The number of carbonyl (C=O) groups is 1. The molecule has 1 aliphatic rings. The number of nitrogens with zero attached hydrogens (tertiary/aromatic N) is 1. The minimum Gasteiger partial charge on any atom is -0.307 e. The molecule has 1 saturated heterocycles. The topological polar surface area (TPSA) is 20.3 Å². The first-order valence-electron chi connectivity index (χ1n) is 4.84. The molecule has 0 aromatic heterocycles. The third kappa shape index (κ3) is 1.83. The van der Waals surface area contributed by atoms with Gasteiger partial charge in [0.25, 0.3) is 0 Å². The van der Waals surface area contributed by atoms with E-state index in [1.165, 1.54) is 11.0 Å². The van der Waals surface area contributed by atoms with Gasteiger partial charge in [-0.25, -0.2) is 4.39 Å². The van der Waals surface area contributed by atoms with Crippen LogP contribution in [0.25, 0.3) is 0 Å². The fourth-order valence-corrected chi connectivity index (χ4v) is 2.34. The van der Waals surface area contributed by atoms with Gasteiger partial charge in [-0.2, -0.15) is 0 Å². The van der Waals surface area contributed by atoms with Crippen LogP contribution in [0.4, 0.5) is 10.1 Å². The smallest absolute Gasteiger partial charge is 0.228 e. The van der Waals surface area contributed by atoms with E-state index in [9.17, 15) is 9.18 Å². The van der Waals surface area contributed by atoms with Crippen molar-refractivity contribution in [2.45, 2.75) is 6.42 Å². The van der Waals surface area contributed by atoms with E-state index < -0.39 is 5.82 Å². The highest BCUT2D eigenvalue weighted by atomic mass is 79.9. The second kappa shape index (κ2) is 4.26. The lowest BCUT2D eigenvalue weighted by Crippen LogP contribution is -2.25. The van der Waals surface area contributed by atoms with Gasteiger partial charge in [0.2, 0.25) is 5.91 Å². The molecule has 82 valence electrons. The molecule has 1 unspecified atom stereocenters. The van der Waals surface area contributed by atoms with E-state index in [1.54, 1.807) is 12.1 Å². The molecule has 0 saturated carbocycles. The molecule has 2 nitrogen and oxygen atoms in total. The van der Waals surface area contributed by atoms with Gasteiger partial charge in [0.05, 0.1) is 5.69 Å². The predicted octanol–water partition coefficient (Wildman–Crippen LogP) is 2.57. The highest BCUT2D eigenvalue weighted by Gasteiger charge is 2.31.